The molecule has 4 heterocycles. The molecule has 0 radical (unpaired) electrons. The lowest BCUT2D eigenvalue weighted by molar-refractivity contribution is 0.0566. The fourth-order valence-electron chi connectivity index (χ4n) is 4.58. The Kier molecular flexibility index (Phi) is 5.61. The molecule has 1 atom stereocenters. The number of fused-ring (bicyclic) bond motifs is 1. The number of hydrogen-bond donors (Lipinski definition) is 1. The number of aryl methyl sites for hydroxylation is 1. The highest BCUT2D eigenvalue weighted by Crippen LogP contribution is 2.36. The van der Waals surface area contributed by atoms with Crippen molar-refractivity contribution >= 4 is 0 Å². The van der Waals surface area contributed by atoms with Crippen LogP contribution in [0.15, 0.2) is 48.9 Å². The monoisotopic (exact) mass is 420 g/mol. The summed E-state index contributed by atoms with van der Waals surface area (Å²) in [5, 5.41) is 15.4. The van der Waals surface area contributed by atoms with Crippen LogP contribution in [0.25, 0.3) is 11.3 Å². The van der Waals surface area contributed by atoms with Gasteiger partial charge in [-0.3, -0.25) is 14.6 Å². The summed E-state index contributed by atoms with van der Waals surface area (Å²) in [5.74, 6) is 1.85. The number of rotatable bonds is 5. The van der Waals surface area contributed by atoms with Gasteiger partial charge in [-0.15, -0.1) is 0 Å². The molecule has 5 rings (SSSR count). The number of aliphatic hydroxyl groups excluding tert-OH is 1. The molecule has 0 aliphatic carbocycles. The van der Waals surface area contributed by atoms with Crippen LogP contribution in [0, 0.1) is 5.92 Å². The molecular weight excluding hydrogens is 392 g/mol. The van der Waals surface area contributed by atoms with E-state index in [0.29, 0.717) is 13.2 Å². The van der Waals surface area contributed by atoms with E-state index in [0.717, 1.165) is 60.8 Å². The van der Waals surface area contributed by atoms with Gasteiger partial charge < -0.3 is 14.6 Å². The van der Waals surface area contributed by atoms with Gasteiger partial charge in [-0.05, 0) is 61.7 Å². The van der Waals surface area contributed by atoms with Crippen LogP contribution < -0.4 is 9.47 Å². The van der Waals surface area contributed by atoms with Gasteiger partial charge in [-0.1, -0.05) is 6.07 Å². The highest BCUT2D eigenvalue weighted by Gasteiger charge is 2.27. The van der Waals surface area contributed by atoms with Crippen LogP contribution in [0.4, 0.5) is 0 Å². The minimum atomic E-state index is -0.442. The molecule has 7 heteroatoms. The highest BCUT2D eigenvalue weighted by atomic mass is 16.6. The molecule has 162 valence electrons. The van der Waals surface area contributed by atoms with Crippen LogP contribution in [0.2, 0.25) is 0 Å². The first-order chi connectivity index (χ1) is 15.2. The Balaban J connectivity index is 1.27. The maximum Gasteiger partial charge on any atom is 0.162 e. The highest BCUT2D eigenvalue weighted by molar-refractivity contribution is 5.66. The zero-order valence-electron chi connectivity index (χ0n) is 17.8. The summed E-state index contributed by atoms with van der Waals surface area (Å²) in [5.41, 5.74) is 4.14. The molecule has 3 aromatic rings. The van der Waals surface area contributed by atoms with Crippen LogP contribution in [-0.4, -0.2) is 51.1 Å². The molecule has 0 saturated carbocycles. The summed E-state index contributed by atoms with van der Waals surface area (Å²) in [7, 11) is 1.96. The third kappa shape index (κ3) is 4.29. The second-order valence-electron chi connectivity index (χ2n) is 8.38. The number of aliphatic hydroxyl groups is 1. The van der Waals surface area contributed by atoms with Crippen molar-refractivity contribution in [2.24, 2.45) is 13.0 Å². The predicted molar refractivity (Wildman–Crippen MR) is 117 cm³/mol. The Morgan fingerprint density at radius 1 is 1.13 bits per heavy atom. The van der Waals surface area contributed by atoms with Gasteiger partial charge in [0.05, 0.1) is 11.8 Å². The van der Waals surface area contributed by atoms with Gasteiger partial charge in [0, 0.05) is 43.3 Å². The zero-order valence-corrected chi connectivity index (χ0v) is 17.8. The Hall–Kier alpha value is -2.90. The Morgan fingerprint density at radius 2 is 1.94 bits per heavy atom. The van der Waals surface area contributed by atoms with Crippen molar-refractivity contribution in [2.45, 2.75) is 25.5 Å². The molecule has 1 N–H and O–H groups in total. The third-order valence-corrected chi connectivity index (χ3v) is 6.22. The number of pyridine rings is 1. The molecule has 1 saturated heterocycles. The quantitative estimate of drug-likeness (QED) is 0.683. The van der Waals surface area contributed by atoms with Crippen molar-refractivity contribution < 1.29 is 14.6 Å². The minimum Gasteiger partial charge on any atom is -0.486 e. The number of ether oxygens (including phenoxy) is 2. The average molecular weight is 421 g/mol. The Labute approximate surface area is 182 Å². The van der Waals surface area contributed by atoms with E-state index in [1.807, 2.05) is 36.0 Å². The van der Waals surface area contributed by atoms with E-state index in [1.54, 1.807) is 12.4 Å². The van der Waals surface area contributed by atoms with E-state index in [4.69, 9.17) is 14.6 Å². The summed E-state index contributed by atoms with van der Waals surface area (Å²) < 4.78 is 13.3. The van der Waals surface area contributed by atoms with Crippen LogP contribution in [0.5, 0.6) is 11.5 Å². The van der Waals surface area contributed by atoms with Gasteiger partial charge in [0.1, 0.15) is 13.2 Å². The van der Waals surface area contributed by atoms with Crippen molar-refractivity contribution in [3.05, 3.63) is 60.0 Å². The topological polar surface area (TPSA) is 72.6 Å². The van der Waals surface area contributed by atoms with Gasteiger partial charge in [-0.2, -0.15) is 5.10 Å². The number of nitrogens with zero attached hydrogens (tertiary/aromatic N) is 4. The SMILES string of the molecule is Cn1cc(CN2CCC([C@@H](O)c3cccnc3)CC2)c(-c2ccc3c(c2)OCCO3)n1. The molecule has 1 aromatic carbocycles. The van der Waals surface area contributed by atoms with Crippen molar-refractivity contribution in [2.75, 3.05) is 26.3 Å². The third-order valence-electron chi connectivity index (χ3n) is 6.22. The average Bonchev–Trinajstić information content (AvgIpc) is 3.19. The van der Waals surface area contributed by atoms with E-state index in [2.05, 4.69) is 22.1 Å². The van der Waals surface area contributed by atoms with E-state index in [1.165, 1.54) is 5.56 Å². The maximum atomic E-state index is 10.7. The van der Waals surface area contributed by atoms with Crippen molar-refractivity contribution in [1.82, 2.24) is 19.7 Å². The van der Waals surface area contributed by atoms with Crippen LogP contribution in [-0.2, 0) is 13.6 Å². The molecule has 2 aliphatic rings. The largest absolute Gasteiger partial charge is 0.486 e. The molecule has 1 fully saturated rings. The first-order valence-corrected chi connectivity index (χ1v) is 10.9. The zero-order chi connectivity index (χ0) is 21.2. The molecule has 7 nitrogen and oxygen atoms in total. The molecular formula is C24H28N4O3. The number of aromatic nitrogens is 3. The first-order valence-electron chi connectivity index (χ1n) is 10.9. The standard InChI is InChI=1S/C24H28N4O3/c1-27-15-20(23(26-27)18-4-5-21-22(13-18)31-12-11-30-21)16-28-9-6-17(7-10-28)24(29)19-3-2-8-25-14-19/h2-5,8,13-15,17,24,29H,6-7,9-12,16H2,1H3/t24-/m1/s1. The van der Waals surface area contributed by atoms with Gasteiger partial charge in [0.2, 0.25) is 0 Å². The fraction of sp³-hybridized carbons (Fsp3) is 0.417. The lowest BCUT2D eigenvalue weighted by Crippen LogP contribution is -2.35. The molecule has 0 unspecified atom stereocenters. The summed E-state index contributed by atoms with van der Waals surface area (Å²) in [6, 6.07) is 9.88. The van der Waals surface area contributed by atoms with Crippen LogP contribution in [0.1, 0.15) is 30.1 Å². The van der Waals surface area contributed by atoms with E-state index in [9.17, 15) is 5.11 Å². The van der Waals surface area contributed by atoms with Crippen molar-refractivity contribution in [3.63, 3.8) is 0 Å². The second-order valence-corrected chi connectivity index (χ2v) is 8.38. The number of hydrogen-bond acceptors (Lipinski definition) is 6. The molecule has 2 aromatic heterocycles. The van der Waals surface area contributed by atoms with E-state index in [-0.39, 0.29) is 5.92 Å². The molecule has 0 spiro atoms. The minimum absolute atomic E-state index is 0.270. The van der Waals surface area contributed by atoms with E-state index < -0.39 is 6.10 Å². The van der Waals surface area contributed by atoms with Gasteiger partial charge >= 0.3 is 0 Å². The Bertz CT molecular complexity index is 1030. The second kappa shape index (κ2) is 8.69. The van der Waals surface area contributed by atoms with Crippen LogP contribution in [0.3, 0.4) is 0 Å². The molecule has 31 heavy (non-hydrogen) atoms. The lowest BCUT2D eigenvalue weighted by Gasteiger charge is -2.34. The smallest absolute Gasteiger partial charge is 0.162 e. The Morgan fingerprint density at radius 3 is 2.71 bits per heavy atom. The molecule has 0 bridgehead atoms. The number of piperidine rings is 1. The van der Waals surface area contributed by atoms with Gasteiger partial charge in [-0.25, -0.2) is 0 Å². The normalized spacial score (nSPS) is 18.1. The van der Waals surface area contributed by atoms with Gasteiger partial charge in [0.15, 0.2) is 11.5 Å². The number of likely N-dealkylation sites (tertiary alicyclic amines) is 1. The lowest BCUT2D eigenvalue weighted by atomic mass is 9.88. The summed E-state index contributed by atoms with van der Waals surface area (Å²) >= 11 is 0. The van der Waals surface area contributed by atoms with Crippen molar-refractivity contribution in [1.29, 1.82) is 0 Å². The maximum absolute atomic E-state index is 10.7. The van der Waals surface area contributed by atoms with Gasteiger partial charge in [0.25, 0.3) is 0 Å². The molecule has 2 aliphatic heterocycles. The predicted octanol–water partition coefficient (Wildman–Crippen LogP) is 3.20. The first kappa shape index (κ1) is 20.0. The number of benzene rings is 1. The summed E-state index contributed by atoms with van der Waals surface area (Å²) in [6.45, 7) is 3.92. The van der Waals surface area contributed by atoms with Crippen molar-refractivity contribution in [3.8, 4) is 22.8 Å². The fourth-order valence-corrected chi connectivity index (χ4v) is 4.58. The van der Waals surface area contributed by atoms with E-state index >= 15 is 0 Å². The summed E-state index contributed by atoms with van der Waals surface area (Å²) in [6.07, 6.45) is 7.11. The van der Waals surface area contributed by atoms with Crippen LogP contribution >= 0.6 is 0 Å². The molecule has 0 amide bonds. The summed E-state index contributed by atoms with van der Waals surface area (Å²) in [4.78, 5) is 6.59.